The highest BCUT2D eigenvalue weighted by atomic mass is 32.2. The van der Waals surface area contributed by atoms with Gasteiger partial charge < -0.3 is 4.43 Å². The third-order valence-corrected chi connectivity index (χ3v) is 11.8. The van der Waals surface area contributed by atoms with E-state index in [1.54, 1.807) is 0 Å². The largest absolute Gasteiger partial charge is 0.414 e. The van der Waals surface area contributed by atoms with Gasteiger partial charge in [0.2, 0.25) is 0 Å². The van der Waals surface area contributed by atoms with Gasteiger partial charge in [0.15, 0.2) is 8.32 Å². The average Bonchev–Trinajstić information content (AvgIpc) is 2.46. The van der Waals surface area contributed by atoms with Crippen molar-refractivity contribution < 1.29 is 4.43 Å². The van der Waals surface area contributed by atoms with E-state index in [2.05, 4.69) is 50.9 Å². The van der Waals surface area contributed by atoms with Gasteiger partial charge in [-0.3, -0.25) is 0 Å². The fourth-order valence-corrected chi connectivity index (χ4v) is 8.51. The predicted octanol–water partition coefficient (Wildman–Crippen LogP) is 5.54. The van der Waals surface area contributed by atoms with Gasteiger partial charge in [-0.25, -0.2) is 0 Å². The summed E-state index contributed by atoms with van der Waals surface area (Å²) in [5.41, 5.74) is 0. The monoisotopic (exact) mass is 318 g/mol. The summed E-state index contributed by atoms with van der Waals surface area (Å²) in [5, 5.41) is 0. The molecule has 112 valence electrons. The summed E-state index contributed by atoms with van der Waals surface area (Å²) in [6.45, 7) is 10.9. The molecule has 1 aliphatic rings. The zero-order chi connectivity index (χ0) is 14.1. The molecule has 1 rings (SSSR count). The van der Waals surface area contributed by atoms with Crippen LogP contribution in [0.25, 0.3) is 0 Å². The fraction of sp³-hybridized carbons (Fsp3) is 0.867. The van der Waals surface area contributed by atoms with Gasteiger partial charge in [0.05, 0.1) is 10.7 Å². The standard InChI is InChI=1S/C15H30OS2Si/c1-5-10-14(13-15-17-11-9-12-18-15)16-19(6-2,7-3)8-4/h5,14-15H,1,6-13H2,2-4H3/t14-/m1/s1. The van der Waals surface area contributed by atoms with Crippen LogP contribution in [0, 0.1) is 0 Å². The number of rotatable bonds is 9. The van der Waals surface area contributed by atoms with Crippen molar-refractivity contribution in [2.24, 2.45) is 0 Å². The highest BCUT2D eigenvalue weighted by molar-refractivity contribution is 8.17. The topological polar surface area (TPSA) is 9.23 Å². The first-order chi connectivity index (χ1) is 9.19. The summed E-state index contributed by atoms with van der Waals surface area (Å²) in [4.78, 5) is 0. The molecule has 0 saturated carbocycles. The molecule has 0 aliphatic carbocycles. The Morgan fingerprint density at radius 3 is 2.26 bits per heavy atom. The zero-order valence-corrected chi connectivity index (χ0v) is 15.5. The lowest BCUT2D eigenvalue weighted by Gasteiger charge is -2.35. The van der Waals surface area contributed by atoms with Gasteiger partial charge in [0.1, 0.15) is 0 Å². The van der Waals surface area contributed by atoms with Crippen molar-refractivity contribution in [3.8, 4) is 0 Å². The van der Waals surface area contributed by atoms with Crippen LogP contribution in [-0.2, 0) is 4.43 Å². The van der Waals surface area contributed by atoms with Gasteiger partial charge in [-0.1, -0.05) is 26.8 Å². The van der Waals surface area contributed by atoms with E-state index in [0.717, 1.165) is 11.0 Å². The van der Waals surface area contributed by atoms with Gasteiger partial charge in [-0.05, 0) is 48.9 Å². The van der Waals surface area contributed by atoms with Gasteiger partial charge in [0, 0.05) is 0 Å². The van der Waals surface area contributed by atoms with Crippen LogP contribution < -0.4 is 0 Å². The SMILES string of the molecule is C=CC[C@H](CC1SCCCS1)O[Si](CC)(CC)CC. The Morgan fingerprint density at radius 1 is 1.21 bits per heavy atom. The summed E-state index contributed by atoms with van der Waals surface area (Å²) in [6.07, 6.45) is 6.05. The molecule has 19 heavy (non-hydrogen) atoms. The lowest BCUT2D eigenvalue weighted by atomic mass is 10.2. The van der Waals surface area contributed by atoms with Gasteiger partial charge >= 0.3 is 0 Å². The molecule has 1 heterocycles. The van der Waals surface area contributed by atoms with Crippen LogP contribution in [0.2, 0.25) is 18.1 Å². The third-order valence-electron chi connectivity index (χ3n) is 4.13. The highest BCUT2D eigenvalue weighted by Crippen LogP contribution is 2.36. The molecule has 0 amide bonds. The molecule has 0 radical (unpaired) electrons. The second-order valence-electron chi connectivity index (χ2n) is 5.27. The minimum Gasteiger partial charge on any atom is -0.414 e. The van der Waals surface area contributed by atoms with E-state index < -0.39 is 8.32 Å². The van der Waals surface area contributed by atoms with Crippen LogP contribution >= 0.6 is 23.5 Å². The van der Waals surface area contributed by atoms with Gasteiger partial charge in [-0.2, -0.15) is 0 Å². The summed E-state index contributed by atoms with van der Waals surface area (Å²) in [5.74, 6) is 2.66. The molecule has 0 aromatic heterocycles. The molecule has 1 nitrogen and oxygen atoms in total. The van der Waals surface area contributed by atoms with E-state index in [1.165, 1.54) is 42.5 Å². The average molecular weight is 319 g/mol. The summed E-state index contributed by atoms with van der Waals surface area (Å²) < 4.78 is 7.42. The zero-order valence-electron chi connectivity index (χ0n) is 12.8. The number of hydrogen-bond donors (Lipinski definition) is 0. The molecule has 0 aromatic carbocycles. The predicted molar refractivity (Wildman–Crippen MR) is 94.8 cm³/mol. The van der Waals surface area contributed by atoms with E-state index in [-0.39, 0.29) is 0 Å². The molecule has 0 N–H and O–H groups in total. The summed E-state index contributed by atoms with van der Waals surface area (Å²) >= 11 is 4.26. The van der Waals surface area contributed by atoms with Crippen molar-refractivity contribution in [1.82, 2.24) is 0 Å². The van der Waals surface area contributed by atoms with Crippen LogP contribution in [0.4, 0.5) is 0 Å². The third kappa shape index (κ3) is 5.86. The van der Waals surface area contributed by atoms with Crippen molar-refractivity contribution in [2.45, 2.75) is 68.9 Å². The Morgan fingerprint density at radius 2 is 1.79 bits per heavy atom. The smallest absolute Gasteiger partial charge is 0.192 e. The lowest BCUT2D eigenvalue weighted by molar-refractivity contribution is 0.184. The van der Waals surface area contributed by atoms with Crippen LogP contribution in [-0.4, -0.2) is 30.5 Å². The van der Waals surface area contributed by atoms with Crippen molar-refractivity contribution in [2.75, 3.05) is 11.5 Å². The highest BCUT2D eigenvalue weighted by Gasteiger charge is 2.32. The van der Waals surface area contributed by atoms with Crippen molar-refractivity contribution in [3.05, 3.63) is 12.7 Å². The Balaban J connectivity index is 2.57. The van der Waals surface area contributed by atoms with E-state index >= 15 is 0 Å². The van der Waals surface area contributed by atoms with Crippen molar-refractivity contribution in [1.29, 1.82) is 0 Å². The molecule has 1 fully saturated rings. The van der Waals surface area contributed by atoms with E-state index in [0.29, 0.717) is 6.10 Å². The van der Waals surface area contributed by atoms with Crippen LogP contribution in [0.15, 0.2) is 12.7 Å². The molecule has 0 aromatic rings. The molecule has 1 aliphatic heterocycles. The fourth-order valence-electron chi connectivity index (χ4n) is 2.62. The first-order valence-corrected chi connectivity index (χ1v) is 12.3. The second-order valence-corrected chi connectivity index (χ2v) is 12.9. The van der Waals surface area contributed by atoms with E-state index in [9.17, 15) is 0 Å². The van der Waals surface area contributed by atoms with Gasteiger partial charge in [-0.15, -0.1) is 30.1 Å². The van der Waals surface area contributed by atoms with Crippen LogP contribution in [0.3, 0.4) is 0 Å². The van der Waals surface area contributed by atoms with E-state index in [1.807, 2.05) is 6.08 Å². The van der Waals surface area contributed by atoms with Crippen LogP contribution in [0.5, 0.6) is 0 Å². The van der Waals surface area contributed by atoms with Crippen LogP contribution in [0.1, 0.15) is 40.0 Å². The molecular weight excluding hydrogens is 288 g/mol. The van der Waals surface area contributed by atoms with Crippen molar-refractivity contribution in [3.63, 3.8) is 0 Å². The lowest BCUT2D eigenvalue weighted by Crippen LogP contribution is -2.40. The minimum absolute atomic E-state index is 0.409. The van der Waals surface area contributed by atoms with Crippen molar-refractivity contribution >= 4 is 31.8 Å². The molecular formula is C15H30OS2Si. The Labute approximate surface area is 129 Å². The Kier molecular flexibility index (Phi) is 8.87. The minimum atomic E-state index is -1.47. The number of thioether (sulfide) groups is 2. The second kappa shape index (κ2) is 9.53. The first-order valence-electron chi connectivity index (χ1n) is 7.71. The number of hydrogen-bond acceptors (Lipinski definition) is 3. The quantitative estimate of drug-likeness (QED) is 0.408. The Bertz CT molecular complexity index is 242. The first kappa shape index (κ1) is 17.7. The molecule has 4 heteroatoms. The normalized spacial score (nSPS) is 19.3. The molecule has 0 bridgehead atoms. The maximum atomic E-state index is 6.67. The summed E-state index contributed by atoms with van der Waals surface area (Å²) in [7, 11) is -1.47. The molecule has 0 unspecified atom stereocenters. The maximum Gasteiger partial charge on any atom is 0.192 e. The van der Waals surface area contributed by atoms with E-state index in [4.69, 9.17) is 4.43 Å². The summed E-state index contributed by atoms with van der Waals surface area (Å²) in [6, 6.07) is 3.75. The maximum absolute atomic E-state index is 6.67. The molecule has 0 spiro atoms. The molecule has 1 atom stereocenters. The molecule has 1 saturated heterocycles. The van der Waals surface area contributed by atoms with Gasteiger partial charge in [0.25, 0.3) is 0 Å². The Hall–Kier alpha value is 0.617.